The number of hydrogen-bond donors (Lipinski definition) is 1. The lowest BCUT2D eigenvalue weighted by atomic mass is 10.1. The lowest BCUT2D eigenvalue weighted by Crippen LogP contribution is -2.35. The minimum atomic E-state index is -0.149. The summed E-state index contributed by atoms with van der Waals surface area (Å²) in [5, 5.41) is 3.57. The molecule has 3 heteroatoms. The van der Waals surface area contributed by atoms with Crippen molar-refractivity contribution in [3.63, 3.8) is 0 Å². The van der Waals surface area contributed by atoms with Gasteiger partial charge in [0.1, 0.15) is 5.82 Å². The third kappa shape index (κ3) is 3.22. The number of nitrogens with one attached hydrogen (secondary N) is 1. The van der Waals surface area contributed by atoms with Crippen molar-refractivity contribution in [2.45, 2.75) is 31.8 Å². The highest BCUT2D eigenvalue weighted by atomic mass is 32.2. The predicted octanol–water partition coefficient (Wildman–Crippen LogP) is 3.37. The third-order valence-electron chi connectivity index (χ3n) is 2.99. The van der Waals surface area contributed by atoms with Crippen LogP contribution in [0.25, 0.3) is 0 Å². The molecule has 0 saturated carbocycles. The van der Waals surface area contributed by atoms with Crippen LogP contribution in [0.1, 0.15) is 31.4 Å². The van der Waals surface area contributed by atoms with Gasteiger partial charge in [-0.3, -0.25) is 0 Å². The molecule has 1 saturated heterocycles. The van der Waals surface area contributed by atoms with Crippen LogP contribution in [0.5, 0.6) is 0 Å². The summed E-state index contributed by atoms with van der Waals surface area (Å²) in [6, 6.07) is 7.69. The highest BCUT2D eigenvalue weighted by Crippen LogP contribution is 2.21. The van der Waals surface area contributed by atoms with Gasteiger partial charge in [-0.15, -0.1) is 0 Å². The first kappa shape index (κ1) is 11.9. The summed E-state index contributed by atoms with van der Waals surface area (Å²) in [6.07, 6.45) is 2.53. The lowest BCUT2D eigenvalue weighted by molar-refractivity contribution is 0.451. The minimum Gasteiger partial charge on any atom is -0.307 e. The molecule has 1 aliphatic rings. The maximum absolute atomic E-state index is 13.1. The van der Waals surface area contributed by atoms with Crippen LogP contribution in [0.4, 0.5) is 4.39 Å². The van der Waals surface area contributed by atoms with Crippen LogP contribution in [0.2, 0.25) is 0 Å². The Morgan fingerprint density at radius 2 is 2.38 bits per heavy atom. The van der Waals surface area contributed by atoms with Crippen LogP contribution < -0.4 is 5.32 Å². The Morgan fingerprint density at radius 3 is 3.06 bits per heavy atom. The van der Waals surface area contributed by atoms with Crippen molar-refractivity contribution >= 4 is 11.8 Å². The molecule has 1 aromatic carbocycles. The molecule has 1 N–H and O–H groups in total. The molecule has 0 bridgehead atoms. The van der Waals surface area contributed by atoms with Crippen molar-refractivity contribution in [1.29, 1.82) is 0 Å². The third-order valence-corrected chi connectivity index (χ3v) is 4.21. The Morgan fingerprint density at radius 1 is 1.50 bits per heavy atom. The van der Waals surface area contributed by atoms with Crippen LogP contribution >= 0.6 is 11.8 Å². The Kier molecular flexibility index (Phi) is 4.24. The smallest absolute Gasteiger partial charge is 0.123 e. The second kappa shape index (κ2) is 5.69. The van der Waals surface area contributed by atoms with Gasteiger partial charge < -0.3 is 5.32 Å². The summed E-state index contributed by atoms with van der Waals surface area (Å²) in [5.74, 6) is 2.32. The van der Waals surface area contributed by atoms with Gasteiger partial charge in [-0.25, -0.2) is 4.39 Å². The summed E-state index contributed by atoms with van der Waals surface area (Å²) < 4.78 is 13.1. The fraction of sp³-hybridized carbons (Fsp3) is 0.538. The fourth-order valence-electron chi connectivity index (χ4n) is 2.10. The van der Waals surface area contributed by atoms with Crippen LogP contribution in [-0.4, -0.2) is 17.5 Å². The van der Waals surface area contributed by atoms with Crippen LogP contribution in [0.3, 0.4) is 0 Å². The average molecular weight is 239 g/mol. The van der Waals surface area contributed by atoms with Gasteiger partial charge in [-0.2, -0.15) is 11.8 Å². The van der Waals surface area contributed by atoms with Crippen LogP contribution in [0, 0.1) is 5.82 Å². The molecule has 1 nitrogen and oxygen atoms in total. The standard InChI is InChI=1S/C13H18FNS/c1-10(11-4-2-5-12(14)8-11)15-13-6-3-7-16-9-13/h2,4-5,8,10,13,15H,3,6-7,9H2,1H3/t10-,13?/m1/s1. The molecule has 2 rings (SSSR count). The zero-order chi connectivity index (χ0) is 11.4. The Balaban J connectivity index is 1.94. The summed E-state index contributed by atoms with van der Waals surface area (Å²) >= 11 is 2.01. The quantitative estimate of drug-likeness (QED) is 0.868. The van der Waals surface area contributed by atoms with Crippen molar-refractivity contribution in [2.75, 3.05) is 11.5 Å². The van der Waals surface area contributed by atoms with E-state index >= 15 is 0 Å². The molecule has 88 valence electrons. The highest BCUT2D eigenvalue weighted by Gasteiger charge is 2.16. The molecule has 0 aliphatic carbocycles. The van der Waals surface area contributed by atoms with E-state index < -0.39 is 0 Å². The second-order valence-electron chi connectivity index (χ2n) is 4.36. The van der Waals surface area contributed by atoms with Gasteiger partial charge in [-0.05, 0) is 43.2 Å². The molecule has 0 amide bonds. The van der Waals surface area contributed by atoms with Crippen molar-refractivity contribution in [3.05, 3.63) is 35.6 Å². The molecule has 0 aromatic heterocycles. The van der Waals surface area contributed by atoms with E-state index in [0.717, 1.165) is 5.56 Å². The summed E-state index contributed by atoms with van der Waals surface area (Å²) in [6.45, 7) is 2.11. The first-order chi connectivity index (χ1) is 7.75. The SMILES string of the molecule is C[C@@H](NC1CCCSC1)c1cccc(F)c1. The van der Waals surface area contributed by atoms with Gasteiger partial charge in [0, 0.05) is 17.8 Å². The second-order valence-corrected chi connectivity index (χ2v) is 5.51. The number of hydrogen-bond acceptors (Lipinski definition) is 2. The van der Waals surface area contributed by atoms with E-state index in [0.29, 0.717) is 6.04 Å². The minimum absolute atomic E-state index is 0.149. The fourth-order valence-corrected chi connectivity index (χ4v) is 3.18. The number of rotatable bonds is 3. The number of benzene rings is 1. The first-order valence-electron chi connectivity index (χ1n) is 5.85. The van der Waals surface area contributed by atoms with E-state index in [4.69, 9.17) is 0 Å². The monoisotopic (exact) mass is 239 g/mol. The summed E-state index contributed by atoms with van der Waals surface area (Å²) in [4.78, 5) is 0. The van der Waals surface area contributed by atoms with Gasteiger partial charge in [0.05, 0.1) is 0 Å². The molecule has 1 heterocycles. The molecule has 1 unspecified atom stereocenters. The molecule has 16 heavy (non-hydrogen) atoms. The van der Waals surface area contributed by atoms with E-state index in [1.54, 1.807) is 12.1 Å². The van der Waals surface area contributed by atoms with Crippen LogP contribution in [-0.2, 0) is 0 Å². The van der Waals surface area contributed by atoms with Crippen molar-refractivity contribution < 1.29 is 4.39 Å². The van der Waals surface area contributed by atoms with Gasteiger partial charge in [0.2, 0.25) is 0 Å². The van der Waals surface area contributed by atoms with E-state index in [-0.39, 0.29) is 11.9 Å². The average Bonchev–Trinajstić information content (AvgIpc) is 2.30. The maximum Gasteiger partial charge on any atom is 0.123 e. The van der Waals surface area contributed by atoms with E-state index in [9.17, 15) is 4.39 Å². The Hall–Kier alpha value is -0.540. The molecule has 1 aliphatic heterocycles. The number of thioether (sulfide) groups is 1. The van der Waals surface area contributed by atoms with E-state index in [1.807, 2.05) is 17.8 Å². The highest BCUT2D eigenvalue weighted by molar-refractivity contribution is 7.99. The van der Waals surface area contributed by atoms with E-state index in [2.05, 4.69) is 12.2 Å². The Bertz CT molecular complexity index is 336. The number of halogens is 1. The van der Waals surface area contributed by atoms with Gasteiger partial charge >= 0.3 is 0 Å². The summed E-state index contributed by atoms with van der Waals surface area (Å²) in [5.41, 5.74) is 1.04. The lowest BCUT2D eigenvalue weighted by Gasteiger charge is -2.26. The first-order valence-corrected chi connectivity index (χ1v) is 7.00. The van der Waals surface area contributed by atoms with Crippen molar-refractivity contribution in [3.8, 4) is 0 Å². The van der Waals surface area contributed by atoms with E-state index in [1.165, 1.54) is 30.4 Å². The zero-order valence-electron chi connectivity index (χ0n) is 9.58. The van der Waals surface area contributed by atoms with Gasteiger partial charge in [-0.1, -0.05) is 12.1 Å². The molecular weight excluding hydrogens is 221 g/mol. The maximum atomic E-state index is 13.1. The summed E-state index contributed by atoms with van der Waals surface area (Å²) in [7, 11) is 0. The topological polar surface area (TPSA) is 12.0 Å². The molecule has 1 fully saturated rings. The van der Waals surface area contributed by atoms with Gasteiger partial charge in [0.25, 0.3) is 0 Å². The molecule has 0 spiro atoms. The molecule has 2 atom stereocenters. The van der Waals surface area contributed by atoms with Crippen molar-refractivity contribution in [2.24, 2.45) is 0 Å². The van der Waals surface area contributed by atoms with Gasteiger partial charge in [0.15, 0.2) is 0 Å². The largest absolute Gasteiger partial charge is 0.307 e. The molecule has 0 radical (unpaired) electrons. The van der Waals surface area contributed by atoms with Crippen LogP contribution in [0.15, 0.2) is 24.3 Å². The van der Waals surface area contributed by atoms with Crippen molar-refractivity contribution in [1.82, 2.24) is 5.32 Å². The normalized spacial score (nSPS) is 23.0. The zero-order valence-corrected chi connectivity index (χ0v) is 10.4. The molecule has 1 aromatic rings. The Labute approximate surface area is 101 Å². The predicted molar refractivity (Wildman–Crippen MR) is 68.3 cm³/mol. The molecular formula is C13H18FNS.